The summed E-state index contributed by atoms with van der Waals surface area (Å²) in [5.74, 6) is 0. The molecule has 0 saturated carbocycles. The molecule has 0 aliphatic heterocycles. The summed E-state index contributed by atoms with van der Waals surface area (Å²) >= 11 is 0. The predicted molar refractivity (Wildman–Crippen MR) is 126 cm³/mol. The van der Waals surface area contributed by atoms with E-state index in [1.54, 1.807) is 30.3 Å². The van der Waals surface area contributed by atoms with Crippen molar-refractivity contribution in [2.75, 3.05) is 13.1 Å². The second-order valence-corrected chi connectivity index (χ2v) is 11.4. The Balaban J connectivity index is 1.97. The largest absolute Gasteiger partial charge is 0.314 e. The molecule has 0 bridgehead atoms. The van der Waals surface area contributed by atoms with Crippen molar-refractivity contribution in [2.45, 2.75) is 30.0 Å². The lowest BCUT2D eigenvalue weighted by Gasteiger charge is -2.23. The second kappa shape index (κ2) is 10.0. The molecular weight excluding hydrogens is 486 g/mol. The quantitative estimate of drug-likeness (QED) is 0.248. The van der Waals surface area contributed by atoms with Crippen LogP contribution in [0.4, 0.5) is 5.69 Å². The number of benzene rings is 2. The zero-order chi connectivity index (χ0) is 25.1. The van der Waals surface area contributed by atoms with Crippen LogP contribution in [0.1, 0.15) is 13.3 Å². The van der Waals surface area contributed by atoms with Gasteiger partial charge in [-0.25, -0.2) is 8.42 Å². The Morgan fingerprint density at radius 1 is 1.03 bits per heavy atom. The van der Waals surface area contributed by atoms with Crippen LogP contribution in [0.2, 0.25) is 0 Å². The van der Waals surface area contributed by atoms with Crippen LogP contribution in [-0.2, 0) is 26.7 Å². The highest BCUT2D eigenvalue weighted by Crippen LogP contribution is 2.27. The normalized spacial score (nSPS) is 13.3. The average Bonchev–Trinajstić information content (AvgIpc) is 2.79. The third kappa shape index (κ3) is 5.50. The molecule has 0 aliphatic carbocycles. The molecule has 13 heteroatoms. The van der Waals surface area contributed by atoms with Gasteiger partial charge >= 0.3 is 0 Å². The Labute approximate surface area is 196 Å². The van der Waals surface area contributed by atoms with Crippen LogP contribution in [0.25, 0.3) is 10.8 Å². The van der Waals surface area contributed by atoms with E-state index >= 15 is 0 Å². The molecular formula is C21H23N3O8S2. The van der Waals surface area contributed by atoms with Gasteiger partial charge in [-0.1, -0.05) is 30.3 Å². The fraction of sp³-hybridized carbons (Fsp3) is 0.286. The molecule has 2 aromatic carbocycles. The van der Waals surface area contributed by atoms with Gasteiger partial charge in [0, 0.05) is 37.3 Å². The fourth-order valence-corrected chi connectivity index (χ4v) is 5.42. The third-order valence-electron chi connectivity index (χ3n) is 5.45. The lowest BCUT2D eigenvalue weighted by Crippen LogP contribution is -2.38. The molecule has 34 heavy (non-hydrogen) atoms. The summed E-state index contributed by atoms with van der Waals surface area (Å²) in [7, 11) is -8.86. The number of sulfonamides is 1. The minimum absolute atomic E-state index is 0.0796. The lowest BCUT2D eigenvalue weighted by atomic mass is 10.2. The van der Waals surface area contributed by atoms with Gasteiger partial charge in [-0.2, -0.15) is 12.7 Å². The van der Waals surface area contributed by atoms with E-state index in [-0.39, 0.29) is 31.6 Å². The fourth-order valence-electron chi connectivity index (χ4n) is 3.42. The van der Waals surface area contributed by atoms with Crippen molar-refractivity contribution < 1.29 is 26.3 Å². The van der Waals surface area contributed by atoms with Gasteiger partial charge in [0.25, 0.3) is 21.4 Å². The maximum Gasteiger partial charge on any atom is 0.289 e. The van der Waals surface area contributed by atoms with E-state index in [9.17, 15) is 36.3 Å². The van der Waals surface area contributed by atoms with Crippen LogP contribution >= 0.6 is 0 Å². The Kier molecular flexibility index (Phi) is 7.51. The molecule has 1 N–H and O–H groups in total. The first-order valence-electron chi connectivity index (χ1n) is 10.2. The number of nitrogens with zero attached hydrogens (tertiary/aromatic N) is 3. The minimum atomic E-state index is -4.44. The first-order valence-corrected chi connectivity index (χ1v) is 13.2. The minimum Gasteiger partial charge on any atom is -0.314 e. The summed E-state index contributed by atoms with van der Waals surface area (Å²) in [4.78, 5) is 22.8. The first kappa shape index (κ1) is 25.5. The van der Waals surface area contributed by atoms with Crippen molar-refractivity contribution in [3.8, 4) is 0 Å². The Morgan fingerprint density at radius 3 is 2.35 bits per heavy atom. The van der Waals surface area contributed by atoms with Crippen molar-refractivity contribution in [3.63, 3.8) is 0 Å². The van der Waals surface area contributed by atoms with Gasteiger partial charge in [-0.15, -0.1) is 0 Å². The van der Waals surface area contributed by atoms with Crippen molar-refractivity contribution in [3.05, 3.63) is 81.3 Å². The number of hydrogen-bond donors (Lipinski definition) is 1. The number of nitro groups is 1. The lowest BCUT2D eigenvalue weighted by molar-refractivity contribution is -0.387. The van der Waals surface area contributed by atoms with E-state index in [4.69, 9.17) is 0 Å². The number of aromatic nitrogens is 1. The van der Waals surface area contributed by atoms with Gasteiger partial charge in [0.2, 0.25) is 10.0 Å². The molecule has 1 aromatic heterocycles. The number of fused-ring (bicyclic) bond motifs is 1. The van der Waals surface area contributed by atoms with E-state index in [1.165, 1.54) is 29.8 Å². The molecule has 0 aliphatic rings. The zero-order valence-corrected chi connectivity index (χ0v) is 19.8. The van der Waals surface area contributed by atoms with Crippen molar-refractivity contribution >= 4 is 36.6 Å². The highest BCUT2D eigenvalue weighted by Gasteiger charge is 2.32. The summed E-state index contributed by atoms with van der Waals surface area (Å²) in [6.07, 6.45) is 1.26. The van der Waals surface area contributed by atoms with Crippen LogP contribution < -0.4 is 5.56 Å². The molecule has 11 nitrogen and oxygen atoms in total. The third-order valence-corrected chi connectivity index (χ3v) is 8.65. The monoisotopic (exact) mass is 509 g/mol. The van der Waals surface area contributed by atoms with Crippen molar-refractivity contribution in [2.24, 2.45) is 0 Å². The maximum atomic E-state index is 13.4. The summed E-state index contributed by atoms with van der Waals surface area (Å²) in [6.45, 7) is 0.533. The summed E-state index contributed by atoms with van der Waals surface area (Å²) in [5, 5.41) is 11.3. The number of hydrogen-bond acceptors (Lipinski definition) is 7. The molecule has 1 atom stereocenters. The molecule has 1 unspecified atom stereocenters. The van der Waals surface area contributed by atoms with Crippen LogP contribution in [0.5, 0.6) is 0 Å². The molecule has 0 amide bonds. The Hall–Kier alpha value is -3.13. The topological polar surface area (TPSA) is 157 Å². The SMILES string of the molecule is CC(CCN(CCn1ccc2ccccc2c1=O)S(=O)(=O)c1ccccc1[N+](=O)[O-])S(=O)(=O)O. The van der Waals surface area contributed by atoms with Crippen LogP contribution in [0.3, 0.4) is 0 Å². The van der Waals surface area contributed by atoms with Crippen LogP contribution in [0, 0.1) is 10.1 Å². The first-order chi connectivity index (χ1) is 15.9. The van der Waals surface area contributed by atoms with Gasteiger partial charge in [0.15, 0.2) is 4.90 Å². The number of rotatable bonds is 10. The Morgan fingerprint density at radius 2 is 1.68 bits per heavy atom. The summed E-state index contributed by atoms with van der Waals surface area (Å²) < 4.78 is 61.0. The van der Waals surface area contributed by atoms with E-state index in [1.807, 2.05) is 0 Å². The van der Waals surface area contributed by atoms with Gasteiger partial charge in [-0.05, 0) is 36.9 Å². The van der Waals surface area contributed by atoms with Gasteiger partial charge in [-0.3, -0.25) is 19.5 Å². The van der Waals surface area contributed by atoms with Crippen LogP contribution in [-0.4, -0.2) is 53.5 Å². The van der Waals surface area contributed by atoms with E-state index in [2.05, 4.69) is 0 Å². The summed E-state index contributed by atoms with van der Waals surface area (Å²) in [6, 6.07) is 13.4. The Bertz CT molecular complexity index is 1480. The summed E-state index contributed by atoms with van der Waals surface area (Å²) in [5.41, 5.74) is -0.967. The molecule has 0 fully saturated rings. The molecule has 0 saturated heterocycles. The van der Waals surface area contributed by atoms with Gasteiger partial charge < -0.3 is 4.57 Å². The van der Waals surface area contributed by atoms with E-state index < -0.39 is 40.9 Å². The molecule has 182 valence electrons. The number of para-hydroxylation sites is 1. The predicted octanol–water partition coefficient (Wildman–Crippen LogP) is 2.27. The molecule has 0 radical (unpaired) electrons. The zero-order valence-electron chi connectivity index (χ0n) is 18.1. The smallest absolute Gasteiger partial charge is 0.289 e. The van der Waals surface area contributed by atoms with E-state index in [0.29, 0.717) is 5.39 Å². The van der Waals surface area contributed by atoms with Gasteiger partial charge in [0.1, 0.15) is 0 Å². The number of nitro benzene ring substituents is 1. The van der Waals surface area contributed by atoms with E-state index in [0.717, 1.165) is 21.8 Å². The molecule has 0 spiro atoms. The highest BCUT2D eigenvalue weighted by atomic mass is 32.2. The number of pyridine rings is 1. The molecule has 3 rings (SSSR count). The standard InChI is InChI=1S/C21H23N3O8S2/c1-16(34(30,31)32)10-13-23(33(28,29)20-9-5-4-8-19(20)24(26)27)15-14-22-12-11-17-6-2-3-7-18(17)21(22)25/h2-9,11-12,16H,10,13-15H2,1H3,(H,30,31,32). The van der Waals surface area contributed by atoms with Gasteiger partial charge in [0.05, 0.1) is 10.2 Å². The average molecular weight is 510 g/mol. The second-order valence-electron chi connectivity index (χ2n) is 7.64. The van der Waals surface area contributed by atoms with Crippen molar-refractivity contribution in [1.29, 1.82) is 0 Å². The van der Waals surface area contributed by atoms with Crippen molar-refractivity contribution in [1.82, 2.24) is 8.87 Å². The molecule has 3 aromatic rings. The maximum absolute atomic E-state index is 13.4. The molecule has 1 heterocycles. The van der Waals surface area contributed by atoms with Crippen LogP contribution in [0.15, 0.2) is 70.5 Å². The highest BCUT2D eigenvalue weighted by molar-refractivity contribution is 7.89.